The van der Waals surface area contributed by atoms with E-state index in [4.69, 9.17) is 10.4 Å². The monoisotopic (exact) mass is 186 g/mol. The summed E-state index contributed by atoms with van der Waals surface area (Å²) in [5.74, 6) is 0. The predicted octanol–water partition coefficient (Wildman–Crippen LogP) is 2.04. The molecule has 0 saturated carbocycles. The van der Waals surface area contributed by atoms with E-state index >= 15 is 0 Å². The van der Waals surface area contributed by atoms with Gasteiger partial charge in [-0.25, -0.2) is 4.79 Å². The van der Waals surface area contributed by atoms with E-state index in [1.807, 2.05) is 6.07 Å². The van der Waals surface area contributed by atoms with Gasteiger partial charge in [-0.15, -0.1) is 0 Å². The number of nitrogens with zero attached hydrogens (tertiary/aromatic N) is 2. The van der Waals surface area contributed by atoms with Crippen LogP contribution in [0.15, 0.2) is 30.5 Å². The van der Waals surface area contributed by atoms with Gasteiger partial charge in [0.15, 0.2) is 0 Å². The number of rotatable bonds is 0. The Morgan fingerprint density at radius 3 is 2.86 bits per heavy atom. The molecule has 4 heteroatoms. The zero-order valence-corrected chi connectivity index (χ0v) is 7.14. The summed E-state index contributed by atoms with van der Waals surface area (Å²) in [4.78, 5) is 10.8. The van der Waals surface area contributed by atoms with E-state index in [1.54, 1.807) is 24.3 Å². The van der Waals surface area contributed by atoms with Crippen LogP contribution >= 0.6 is 0 Å². The maximum Gasteiger partial charge on any atom is 0.415 e. The average Bonchev–Trinajstić information content (AvgIpc) is 2.60. The van der Waals surface area contributed by atoms with Gasteiger partial charge in [-0.3, -0.25) is 4.57 Å². The first-order valence-corrected chi connectivity index (χ1v) is 3.97. The van der Waals surface area contributed by atoms with E-state index < -0.39 is 6.09 Å². The Bertz CT molecular complexity index is 549. The highest BCUT2D eigenvalue weighted by Crippen LogP contribution is 2.19. The third kappa shape index (κ3) is 1.04. The van der Waals surface area contributed by atoms with Crippen molar-refractivity contribution in [2.24, 2.45) is 0 Å². The Labute approximate surface area is 79.6 Å². The lowest BCUT2D eigenvalue weighted by Gasteiger charge is -1.97. The van der Waals surface area contributed by atoms with Crippen molar-refractivity contribution in [1.82, 2.24) is 4.57 Å². The number of carboxylic acid groups (broad SMARTS) is 1. The van der Waals surface area contributed by atoms with Gasteiger partial charge in [0.05, 0.1) is 17.1 Å². The third-order valence-corrected chi connectivity index (χ3v) is 2.06. The average molecular weight is 186 g/mol. The Hall–Kier alpha value is -2.28. The summed E-state index contributed by atoms with van der Waals surface area (Å²) in [7, 11) is 0. The van der Waals surface area contributed by atoms with E-state index in [2.05, 4.69) is 0 Å². The molecule has 0 amide bonds. The molecule has 0 aliphatic heterocycles. The van der Waals surface area contributed by atoms with Crippen LogP contribution in [-0.4, -0.2) is 15.8 Å². The minimum Gasteiger partial charge on any atom is -0.464 e. The molecule has 0 atom stereocenters. The zero-order valence-electron chi connectivity index (χ0n) is 7.14. The third-order valence-electron chi connectivity index (χ3n) is 2.06. The fraction of sp³-hybridized carbons (Fsp3) is 0. The second-order valence-corrected chi connectivity index (χ2v) is 2.82. The maximum atomic E-state index is 10.8. The standard InChI is InChI=1S/C10H6N2O2/c11-6-7-2-1-3-9-8(7)4-5-12(9)10(13)14/h1-5H,(H,13,14). The lowest BCUT2D eigenvalue weighted by molar-refractivity contribution is 0.197. The molecular formula is C10H6N2O2. The van der Waals surface area contributed by atoms with E-state index in [1.165, 1.54) is 6.20 Å². The summed E-state index contributed by atoms with van der Waals surface area (Å²) in [6, 6.07) is 8.64. The predicted molar refractivity (Wildman–Crippen MR) is 50.1 cm³/mol. The minimum atomic E-state index is -1.05. The summed E-state index contributed by atoms with van der Waals surface area (Å²) in [5.41, 5.74) is 1.03. The van der Waals surface area contributed by atoms with Crippen LogP contribution in [0.3, 0.4) is 0 Å². The smallest absolute Gasteiger partial charge is 0.415 e. The SMILES string of the molecule is N#Cc1cccc2c1ccn2C(=O)O. The number of aromatic nitrogens is 1. The number of hydrogen-bond donors (Lipinski definition) is 1. The highest BCUT2D eigenvalue weighted by Gasteiger charge is 2.08. The highest BCUT2D eigenvalue weighted by atomic mass is 16.4. The molecule has 0 bridgehead atoms. The van der Waals surface area contributed by atoms with E-state index in [9.17, 15) is 4.79 Å². The van der Waals surface area contributed by atoms with Crippen LogP contribution in [0.2, 0.25) is 0 Å². The van der Waals surface area contributed by atoms with E-state index in [0.717, 1.165) is 4.57 Å². The zero-order chi connectivity index (χ0) is 10.1. The molecule has 0 aliphatic carbocycles. The van der Waals surface area contributed by atoms with Crippen molar-refractivity contribution in [3.05, 3.63) is 36.0 Å². The first-order valence-electron chi connectivity index (χ1n) is 3.97. The number of carbonyl (C=O) groups is 1. The molecule has 2 aromatic rings. The fourth-order valence-corrected chi connectivity index (χ4v) is 1.43. The molecule has 68 valence electrons. The molecule has 14 heavy (non-hydrogen) atoms. The molecule has 1 N–H and O–H groups in total. The van der Waals surface area contributed by atoms with Crippen molar-refractivity contribution in [2.75, 3.05) is 0 Å². The fourth-order valence-electron chi connectivity index (χ4n) is 1.43. The van der Waals surface area contributed by atoms with Gasteiger partial charge in [-0.2, -0.15) is 5.26 Å². The molecule has 2 rings (SSSR count). The minimum absolute atomic E-state index is 0.488. The molecule has 1 aromatic carbocycles. The molecule has 0 fully saturated rings. The lowest BCUT2D eigenvalue weighted by atomic mass is 10.1. The van der Waals surface area contributed by atoms with Gasteiger partial charge in [-0.1, -0.05) is 6.07 Å². The first kappa shape index (κ1) is 8.32. The van der Waals surface area contributed by atoms with Gasteiger partial charge >= 0.3 is 6.09 Å². The topological polar surface area (TPSA) is 66.0 Å². The number of hydrogen-bond acceptors (Lipinski definition) is 2. The molecule has 4 nitrogen and oxygen atoms in total. The van der Waals surface area contributed by atoms with Gasteiger partial charge < -0.3 is 5.11 Å². The molecule has 0 aliphatic rings. The number of fused-ring (bicyclic) bond motifs is 1. The van der Waals surface area contributed by atoms with Gasteiger partial charge in [0.2, 0.25) is 0 Å². The van der Waals surface area contributed by atoms with Gasteiger partial charge in [0, 0.05) is 11.6 Å². The second-order valence-electron chi connectivity index (χ2n) is 2.82. The summed E-state index contributed by atoms with van der Waals surface area (Å²) in [6.45, 7) is 0. The van der Waals surface area contributed by atoms with Crippen LogP contribution < -0.4 is 0 Å². The van der Waals surface area contributed by atoms with Crippen LogP contribution in [0.1, 0.15) is 5.56 Å². The lowest BCUT2D eigenvalue weighted by Crippen LogP contribution is -2.05. The largest absolute Gasteiger partial charge is 0.464 e. The molecule has 0 saturated heterocycles. The quantitative estimate of drug-likeness (QED) is 0.684. The summed E-state index contributed by atoms with van der Waals surface area (Å²) < 4.78 is 1.09. The summed E-state index contributed by atoms with van der Waals surface area (Å²) in [5, 5.41) is 18.3. The van der Waals surface area contributed by atoms with Crippen LogP contribution in [-0.2, 0) is 0 Å². The van der Waals surface area contributed by atoms with Crippen LogP contribution in [0, 0.1) is 11.3 Å². The molecule has 0 radical (unpaired) electrons. The molecular weight excluding hydrogens is 180 g/mol. The summed E-state index contributed by atoms with van der Waals surface area (Å²) in [6.07, 6.45) is 0.392. The van der Waals surface area contributed by atoms with Crippen LogP contribution in [0.4, 0.5) is 4.79 Å². The Morgan fingerprint density at radius 2 is 2.21 bits per heavy atom. The van der Waals surface area contributed by atoms with Gasteiger partial charge in [0.1, 0.15) is 0 Å². The van der Waals surface area contributed by atoms with Crippen molar-refractivity contribution in [3.8, 4) is 6.07 Å². The second kappa shape index (κ2) is 2.89. The van der Waals surface area contributed by atoms with Crippen molar-refractivity contribution >= 4 is 17.0 Å². The number of nitriles is 1. The van der Waals surface area contributed by atoms with E-state index in [0.29, 0.717) is 16.5 Å². The van der Waals surface area contributed by atoms with Crippen molar-refractivity contribution in [2.45, 2.75) is 0 Å². The Kier molecular flexibility index (Phi) is 1.72. The molecule has 1 heterocycles. The normalized spacial score (nSPS) is 9.93. The first-order chi connectivity index (χ1) is 6.74. The van der Waals surface area contributed by atoms with Gasteiger partial charge in [-0.05, 0) is 18.2 Å². The summed E-state index contributed by atoms with van der Waals surface area (Å²) >= 11 is 0. The van der Waals surface area contributed by atoms with Crippen molar-refractivity contribution in [1.29, 1.82) is 5.26 Å². The van der Waals surface area contributed by atoms with E-state index in [-0.39, 0.29) is 0 Å². The Balaban J connectivity index is 2.84. The van der Waals surface area contributed by atoms with Gasteiger partial charge in [0.25, 0.3) is 0 Å². The highest BCUT2D eigenvalue weighted by molar-refractivity contribution is 5.92. The van der Waals surface area contributed by atoms with Crippen molar-refractivity contribution in [3.63, 3.8) is 0 Å². The Morgan fingerprint density at radius 1 is 1.43 bits per heavy atom. The molecule has 1 aromatic heterocycles. The molecule has 0 unspecified atom stereocenters. The number of benzene rings is 1. The maximum absolute atomic E-state index is 10.8. The molecule has 0 spiro atoms. The van der Waals surface area contributed by atoms with Crippen LogP contribution in [0.5, 0.6) is 0 Å². The van der Waals surface area contributed by atoms with Crippen LogP contribution in [0.25, 0.3) is 10.9 Å². The van der Waals surface area contributed by atoms with Crippen molar-refractivity contribution < 1.29 is 9.90 Å².